The van der Waals surface area contributed by atoms with Crippen molar-refractivity contribution >= 4 is 35.2 Å². The minimum atomic E-state index is -0.651. The lowest BCUT2D eigenvalue weighted by atomic mass is 10.2. The fourth-order valence-corrected chi connectivity index (χ4v) is 3.28. The average Bonchev–Trinajstić information content (AvgIpc) is 2.58. The Kier molecular flexibility index (Phi) is 6.12. The summed E-state index contributed by atoms with van der Waals surface area (Å²) in [5.41, 5.74) is 0.173. The number of benzene rings is 2. The Morgan fingerprint density at radius 3 is 2.38 bits per heavy atom. The average molecular weight is 377 g/mol. The minimum absolute atomic E-state index is 0.0478. The van der Waals surface area contributed by atoms with Crippen molar-refractivity contribution in [2.45, 2.75) is 23.6 Å². The third-order valence-corrected chi connectivity index (χ3v) is 4.40. The topological polar surface area (TPSA) is 125 Å². The van der Waals surface area contributed by atoms with Gasteiger partial charge < -0.3 is 10.1 Å². The Labute approximate surface area is 152 Å². The maximum absolute atomic E-state index is 11.4. The third kappa shape index (κ3) is 4.28. The molecule has 0 aliphatic carbocycles. The molecule has 0 aliphatic heterocycles. The zero-order chi connectivity index (χ0) is 19.3. The molecule has 0 aromatic heterocycles. The van der Waals surface area contributed by atoms with Crippen molar-refractivity contribution in [3.8, 4) is 5.75 Å². The van der Waals surface area contributed by atoms with Crippen LogP contribution in [-0.4, -0.2) is 22.9 Å². The lowest BCUT2D eigenvalue weighted by molar-refractivity contribution is -0.387. The summed E-state index contributed by atoms with van der Waals surface area (Å²) in [7, 11) is 0. The number of amides is 1. The second kappa shape index (κ2) is 8.30. The van der Waals surface area contributed by atoms with Crippen molar-refractivity contribution in [2.75, 3.05) is 11.9 Å². The Morgan fingerprint density at radius 2 is 1.81 bits per heavy atom. The van der Waals surface area contributed by atoms with Gasteiger partial charge in [0.25, 0.3) is 11.4 Å². The van der Waals surface area contributed by atoms with Crippen LogP contribution in [0, 0.1) is 27.2 Å². The number of hydrogen-bond acceptors (Lipinski definition) is 7. The van der Waals surface area contributed by atoms with Crippen molar-refractivity contribution in [3.63, 3.8) is 0 Å². The molecule has 0 saturated heterocycles. The summed E-state index contributed by atoms with van der Waals surface area (Å²) in [6, 6.07) is 7.36. The number of nitrogens with one attached hydrogen (secondary N) is 1. The number of nitro groups is 2. The molecular formula is C16H15N3O6S. The molecule has 0 heterocycles. The lowest BCUT2D eigenvalue weighted by Gasteiger charge is -2.12. The van der Waals surface area contributed by atoms with Crippen LogP contribution < -0.4 is 10.1 Å². The van der Waals surface area contributed by atoms with Gasteiger partial charge in [0.2, 0.25) is 6.41 Å². The van der Waals surface area contributed by atoms with Crippen LogP contribution in [-0.2, 0) is 4.79 Å². The molecule has 0 spiro atoms. The molecule has 0 fully saturated rings. The predicted octanol–water partition coefficient (Wildman–Crippen LogP) is 3.93. The first kappa shape index (κ1) is 19.2. The summed E-state index contributed by atoms with van der Waals surface area (Å²) >= 11 is 0.942. The lowest BCUT2D eigenvalue weighted by Crippen LogP contribution is -2.03. The van der Waals surface area contributed by atoms with Gasteiger partial charge >= 0.3 is 0 Å². The van der Waals surface area contributed by atoms with Crippen LogP contribution in [0.15, 0.2) is 40.1 Å². The molecule has 2 aromatic carbocycles. The summed E-state index contributed by atoms with van der Waals surface area (Å²) in [4.78, 5) is 32.9. The van der Waals surface area contributed by atoms with Gasteiger partial charge in [-0.1, -0.05) is 17.8 Å². The maximum Gasteiger partial charge on any atom is 0.297 e. The highest BCUT2D eigenvalue weighted by Crippen LogP contribution is 2.44. The molecular weight excluding hydrogens is 362 g/mol. The van der Waals surface area contributed by atoms with Crippen molar-refractivity contribution in [1.29, 1.82) is 0 Å². The van der Waals surface area contributed by atoms with Gasteiger partial charge in [0.05, 0.1) is 27.4 Å². The molecule has 2 aromatic rings. The highest BCUT2D eigenvalue weighted by Gasteiger charge is 2.23. The molecule has 0 bridgehead atoms. The summed E-state index contributed by atoms with van der Waals surface area (Å²) < 4.78 is 5.34. The Hall–Kier alpha value is -3.14. The Morgan fingerprint density at radius 1 is 1.12 bits per heavy atom. The summed E-state index contributed by atoms with van der Waals surface area (Å²) in [6.07, 6.45) is 0.316. The van der Waals surface area contributed by atoms with Gasteiger partial charge in [0.15, 0.2) is 0 Å². The number of ether oxygens (including phenoxy) is 1. The van der Waals surface area contributed by atoms with E-state index in [2.05, 4.69) is 5.32 Å². The Bertz CT molecular complexity index is 871. The van der Waals surface area contributed by atoms with E-state index in [0.717, 1.165) is 11.8 Å². The fraction of sp³-hybridized carbons (Fsp3) is 0.188. The van der Waals surface area contributed by atoms with Gasteiger partial charge in [0.1, 0.15) is 11.4 Å². The smallest absolute Gasteiger partial charge is 0.297 e. The monoisotopic (exact) mass is 377 g/mol. The number of carbonyl (C=O) groups is 1. The molecule has 0 saturated carbocycles. The van der Waals surface area contributed by atoms with Crippen LogP contribution in [0.1, 0.15) is 12.5 Å². The van der Waals surface area contributed by atoms with E-state index in [9.17, 15) is 25.0 Å². The van der Waals surface area contributed by atoms with Gasteiger partial charge in [-0.2, -0.15) is 0 Å². The van der Waals surface area contributed by atoms with E-state index in [1.165, 1.54) is 18.2 Å². The number of hydrogen-bond donors (Lipinski definition) is 1. The molecule has 1 N–H and O–H groups in total. The molecule has 26 heavy (non-hydrogen) atoms. The number of anilines is 1. The zero-order valence-corrected chi connectivity index (χ0v) is 14.7. The SMILES string of the molecule is CCOc1cc(Sc2ccc(C)cc2[N+](=O)[O-])c(NC=O)c([N+](=O)[O-])c1. The van der Waals surface area contributed by atoms with Crippen LogP contribution in [0.2, 0.25) is 0 Å². The van der Waals surface area contributed by atoms with Crippen LogP contribution >= 0.6 is 11.8 Å². The first-order chi connectivity index (χ1) is 12.4. The van der Waals surface area contributed by atoms with Crippen molar-refractivity contribution in [2.24, 2.45) is 0 Å². The van der Waals surface area contributed by atoms with E-state index >= 15 is 0 Å². The molecule has 136 valence electrons. The standard InChI is InChI=1S/C16H15N3O6S/c1-3-25-11-7-13(19(23)24)16(17-9-20)15(8-11)26-14-5-4-10(2)6-12(14)18(21)22/h4-9H,3H2,1-2H3,(H,17,20). The first-order valence-corrected chi connectivity index (χ1v) is 8.27. The van der Waals surface area contributed by atoms with E-state index in [0.29, 0.717) is 12.0 Å². The van der Waals surface area contributed by atoms with Crippen LogP contribution in [0.5, 0.6) is 5.75 Å². The number of aryl methyl sites for hydroxylation is 1. The molecule has 0 atom stereocenters. The highest BCUT2D eigenvalue weighted by atomic mass is 32.2. The van der Waals surface area contributed by atoms with Gasteiger partial charge in [-0.25, -0.2) is 0 Å². The van der Waals surface area contributed by atoms with Crippen molar-refractivity contribution in [1.82, 2.24) is 0 Å². The normalized spacial score (nSPS) is 10.2. The maximum atomic E-state index is 11.4. The van der Waals surface area contributed by atoms with E-state index in [-0.39, 0.29) is 39.2 Å². The molecule has 10 heteroatoms. The predicted molar refractivity (Wildman–Crippen MR) is 95.9 cm³/mol. The molecule has 1 amide bonds. The number of nitrogens with zero attached hydrogens (tertiary/aromatic N) is 2. The van der Waals surface area contributed by atoms with Crippen LogP contribution in [0.3, 0.4) is 0 Å². The molecule has 0 aliphatic rings. The van der Waals surface area contributed by atoms with E-state index in [1.54, 1.807) is 26.0 Å². The van der Waals surface area contributed by atoms with Gasteiger partial charge in [-0.15, -0.1) is 0 Å². The summed E-state index contributed by atoms with van der Waals surface area (Å²) in [5, 5.41) is 25.0. The van der Waals surface area contributed by atoms with Gasteiger partial charge in [-0.3, -0.25) is 25.0 Å². The molecule has 0 unspecified atom stereocenters. The second-order valence-electron chi connectivity index (χ2n) is 5.10. The zero-order valence-electron chi connectivity index (χ0n) is 13.9. The van der Waals surface area contributed by atoms with E-state index in [4.69, 9.17) is 4.74 Å². The first-order valence-electron chi connectivity index (χ1n) is 7.45. The number of rotatable bonds is 8. The van der Waals surface area contributed by atoms with E-state index in [1.807, 2.05) is 0 Å². The highest BCUT2D eigenvalue weighted by molar-refractivity contribution is 7.99. The fourth-order valence-electron chi connectivity index (χ4n) is 2.23. The summed E-state index contributed by atoms with van der Waals surface area (Å²) in [5.74, 6) is 0.230. The van der Waals surface area contributed by atoms with Crippen LogP contribution in [0.25, 0.3) is 0 Å². The van der Waals surface area contributed by atoms with Crippen LogP contribution in [0.4, 0.5) is 17.1 Å². The van der Waals surface area contributed by atoms with Gasteiger partial charge in [0, 0.05) is 11.0 Å². The molecule has 2 rings (SSSR count). The second-order valence-corrected chi connectivity index (χ2v) is 6.18. The quantitative estimate of drug-likeness (QED) is 0.420. The minimum Gasteiger partial charge on any atom is -0.494 e. The Balaban J connectivity index is 2.62. The molecule has 0 radical (unpaired) electrons. The largest absolute Gasteiger partial charge is 0.494 e. The van der Waals surface area contributed by atoms with Crippen molar-refractivity contribution < 1.29 is 19.4 Å². The van der Waals surface area contributed by atoms with Crippen molar-refractivity contribution in [3.05, 3.63) is 56.1 Å². The third-order valence-electron chi connectivity index (χ3n) is 3.30. The van der Waals surface area contributed by atoms with Gasteiger partial charge in [-0.05, 0) is 31.5 Å². The van der Waals surface area contributed by atoms with E-state index < -0.39 is 9.85 Å². The number of nitro benzene ring substituents is 2. The summed E-state index contributed by atoms with van der Waals surface area (Å²) in [6.45, 7) is 3.73. The molecule has 9 nitrogen and oxygen atoms in total. The number of carbonyl (C=O) groups excluding carboxylic acids is 1.